The number of rotatable bonds is 49. The highest BCUT2D eigenvalue weighted by Gasteiger charge is 2.23. The molecule has 0 aliphatic carbocycles. The molecular weight excluding hydrogens is 792 g/mol. The van der Waals surface area contributed by atoms with Crippen molar-refractivity contribution >= 4 is 13.7 Å². The van der Waals surface area contributed by atoms with Gasteiger partial charge in [0.2, 0.25) is 5.91 Å². The number of likely N-dealkylation sites (N-methyl/N-ethyl adjacent to an activating group) is 1. The van der Waals surface area contributed by atoms with Crippen molar-refractivity contribution in [1.29, 1.82) is 0 Å². The molecule has 3 unspecified atom stereocenters. The van der Waals surface area contributed by atoms with E-state index in [1.54, 1.807) is 6.08 Å². The summed E-state index contributed by atoms with van der Waals surface area (Å²) in [6, 6.07) is -0.898. The predicted molar refractivity (Wildman–Crippen MR) is 265 cm³/mol. The number of hydrogen-bond acceptors (Lipinski definition) is 6. The smallest absolute Gasteiger partial charge is 0.268 e. The first-order chi connectivity index (χ1) is 30.0. The summed E-state index contributed by atoms with van der Waals surface area (Å²) in [5.74, 6) is -0.204. The van der Waals surface area contributed by atoms with Gasteiger partial charge in [-0.3, -0.25) is 9.36 Å². The summed E-state index contributed by atoms with van der Waals surface area (Å²) in [6.07, 6.45) is 55.5. The Labute approximate surface area is 385 Å². The quantitative estimate of drug-likeness (QED) is 0.0273. The highest BCUT2D eigenvalue weighted by Crippen LogP contribution is 2.38. The molecule has 0 aromatic carbocycles. The molecule has 0 fully saturated rings. The van der Waals surface area contributed by atoms with Gasteiger partial charge in [0.1, 0.15) is 13.2 Å². The SMILES string of the molecule is CCCCCCCC/C=C/CC/C=C/C(O)C(COP(=O)([O-])OCC[N+](C)(C)C)NC(=O)CCCCCCCCCCCCCCCCCCCCCCCCCCCCCC. The lowest BCUT2D eigenvalue weighted by atomic mass is 10.0. The molecule has 0 radical (unpaired) electrons. The number of aliphatic hydroxyl groups excluding tert-OH is 1. The summed E-state index contributed by atoms with van der Waals surface area (Å²) in [5.41, 5.74) is 0. The zero-order valence-electron chi connectivity index (χ0n) is 41.8. The van der Waals surface area contributed by atoms with E-state index >= 15 is 0 Å². The van der Waals surface area contributed by atoms with E-state index in [9.17, 15) is 19.4 Å². The maximum Gasteiger partial charge on any atom is 0.268 e. The molecule has 0 saturated carbocycles. The molecule has 368 valence electrons. The van der Waals surface area contributed by atoms with Gasteiger partial charge in [0.05, 0.1) is 39.9 Å². The summed E-state index contributed by atoms with van der Waals surface area (Å²) in [4.78, 5) is 25.4. The van der Waals surface area contributed by atoms with E-state index in [1.165, 1.54) is 199 Å². The molecule has 0 spiro atoms. The molecule has 0 aromatic rings. The number of quaternary nitrogens is 1. The Kier molecular flexibility index (Phi) is 44.4. The Morgan fingerprint density at radius 1 is 0.548 bits per heavy atom. The third-order valence-electron chi connectivity index (χ3n) is 12.2. The Hall–Kier alpha value is -1.02. The van der Waals surface area contributed by atoms with Crippen LogP contribution in [0.5, 0.6) is 0 Å². The second-order valence-corrected chi connectivity index (χ2v) is 21.0. The van der Waals surface area contributed by atoms with E-state index in [0.29, 0.717) is 17.4 Å². The maximum absolute atomic E-state index is 12.9. The van der Waals surface area contributed by atoms with E-state index in [1.807, 2.05) is 27.2 Å². The normalized spacial score (nSPS) is 14.2. The monoisotopic (exact) mass is 897 g/mol. The summed E-state index contributed by atoms with van der Waals surface area (Å²) in [7, 11) is 1.25. The highest BCUT2D eigenvalue weighted by molar-refractivity contribution is 7.45. The molecule has 62 heavy (non-hydrogen) atoms. The molecule has 0 aliphatic heterocycles. The first kappa shape index (κ1) is 61.0. The molecule has 8 nitrogen and oxygen atoms in total. The van der Waals surface area contributed by atoms with Crippen molar-refractivity contribution in [3.05, 3.63) is 24.3 Å². The van der Waals surface area contributed by atoms with Gasteiger partial charge in [0.15, 0.2) is 0 Å². The van der Waals surface area contributed by atoms with Crippen LogP contribution in [0.2, 0.25) is 0 Å². The van der Waals surface area contributed by atoms with Crippen LogP contribution in [0, 0.1) is 0 Å². The minimum atomic E-state index is -4.59. The van der Waals surface area contributed by atoms with Crippen LogP contribution in [-0.2, 0) is 18.4 Å². The van der Waals surface area contributed by atoms with Crippen LogP contribution >= 0.6 is 7.82 Å². The lowest BCUT2D eigenvalue weighted by Crippen LogP contribution is -2.45. The predicted octanol–water partition coefficient (Wildman–Crippen LogP) is 15.0. The first-order valence-corrected chi connectivity index (χ1v) is 28.2. The number of phosphoric ester groups is 1. The average molecular weight is 897 g/mol. The van der Waals surface area contributed by atoms with Gasteiger partial charge in [-0.05, 0) is 32.1 Å². The second kappa shape index (κ2) is 45.1. The lowest BCUT2D eigenvalue weighted by Gasteiger charge is -2.29. The Morgan fingerprint density at radius 2 is 0.903 bits per heavy atom. The van der Waals surface area contributed by atoms with E-state index in [0.717, 1.165) is 38.5 Å². The van der Waals surface area contributed by atoms with Crippen LogP contribution in [0.4, 0.5) is 0 Å². The van der Waals surface area contributed by atoms with Crippen molar-refractivity contribution < 1.29 is 32.9 Å². The molecule has 1 amide bonds. The summed E-state index contributed by atoms with van der Waals surface area (Å²) >= 11 is 0. The first-order valence-electron chi connectivity index (χ1n) is 26.7. The second-order valence-electron chi connectivity index (χ2n) is 19.6. The van der Waals surface area contributed by atoms with Crippen molar-refractivity contribution in [2.75, 3.05) is 40.9 Å². The third-order valence-corrected chi connectivity index (χ3v) is 13.1. The molecule has 0 aliphatic rings. The zero-order valence-corrected chi connectivity index (χ0v) is 42.7. The van der Waals surface area contributed by atoms with Crippen LogP contribution in [0.1, 0.15) is 258 Å². The van der Waals surface area contributed by atoms with Gasteiger partial charge in [-0.15, -0.1) is 0 Å². The summed E-state index contributed by atoms with van der Waals surface area (Å²) in [5, 5.41) is 13.8. The number of allylic oxidation sites excluding steroid dienone is 3. The summed E-state index contributed by atoms with van der Waals surface area (Å²) in [6.45, 7) is 4.63. The number of nitrogens with zero attached hydrogens (tertiary/aromatic N) is 1. The number of phosphoric acid groups is 1. The Balaban J connectivity index is 4.08. The van der Waals surface area contributed by atoms with Crippen LogP contribution in [0.25, 0.3) is 0 Å². The molecule has 9 heteroatoms. The molecule has 0 aromatic heterocycles. The lowest BCUT2D eigenvalue weighted by molar-refractivity contribution is -0.870. The minimum absolute atomic E-state index is 0.00418. The van der Waals surface area contributed by atoms with E-state index in [-0.39, 0.29) is 19.1 Å². The van der Waals surface area contributed by atoms with Gasteiger partial charge in [-0.2, -0.15) is 0 Å². The number of carbonyl (C=O) groups excluding carboxylic acids is 1. The fraction of sp³-hybridized carbons (Fsp3) is 0.906. The van der Waals surface area contributed by atoms with Crippen molar-refractivity contribution in [3.63, 3.8) is 0 Å². The van der Waals surface area contributed by atoms with E-state index in [2.05, 4.69) is 31.3 Å². The number of hydrogen-bond donors (Lipinski definition) is 2. The van der Waals surface area contributed by atoms with Gasteiger partial charge in [-0.25, -0.2) is 0 Å². The van der Waals surface area contributed by atoms with E-state index in [4.69, 9.17) is 9.05 Å². The number of aliphatic hydroxyl groups is 1. The topological polar surface area (TPSA) is 108 Å². The molecule has 2 N–H and O–H groups in total. The molecule has 0 bridgehead atoms. The molecule has 0 rings (SSSR count). The number of carbonyl (C=O) groups is 1. The number of nitrogens with one attached hydrogen (secondary N) is 1. The number of unbranched alkanes of at least 4 members (excludes halogenated alkanes) is 34. The number of amides is 1. The fourth-order valence-electron chi connectivity index (χ4n) is 7.94. The van der Waals surface area contributed by atoms with E-state index < -0.39 is 20.0 Å². The molecule has 0 heterocycles. The fourth-order valence-corrected chi connectivity index (χ4v) is 8.66. The average Bonchev–Trinajstić information content (AvgIpc) is 3.23. The zero-order chi connectivity index (χ0) is 45.7. The van der Waals surface area contributed by atoms with Crippen molar-refractivity contribution in [3.8, 4) is 0 Å². The largest absolute Gasteiger partial charge is 0.756 e. The molecular formula is C53H105N2O6P. The molecule has 3 atom stereocenters. The van der Waals surface area contributed by atoms with Gasteiger partial charge in [-0.1, -0.05) is 244 Å². The van der Waals surface area contributed by atoms with Crippen LogP contribution in [0.15, 0.2) is 24.3 Å². The highest BCUT2D eigenvalue weighted by atomic mass is 31.2. The van der Waals surface area contributed by atoms with Crippen LogP contribution in [0.3, 0.4) is 0 Å². The Morgan fingerprint density at radius 3 is 1.31 bits per heavy atom. The van der Waals surface area contributed by atoms with Gasteiger partial charge < -0.3 is 28.8 Å². The van der Waals surface area contributed by atoms with Gasteiger partial charge in [0.25, 0.3) is 7.82 Å². The van der Waals surface area contributed by atoms with Crippen LogP contribution < -0.4 is 10.2 Å². The standard InChI is InChI=1S/C53H105N2O6P/c1-6-8-10-12-14-16-18-20-21-22-23-24-25-26-27-28-29-30-31-32-33-34-35-37-39-41-43-45-47-53(57)54-51(50-61-62(58,59)60-49-48-55(3,4)5)52(56)46-44-42-40-38-36-19-17-15-13-11-9-7-2/h36,38,44,46,51-52,56H,6-35,37,39-43,45,47-50H2,1-5H3,(H-,54,57,58,59)/b38-36+,46-44+. The maximum atomic E-state index is 12.9. The summed E-state index contributed by atoms with van der Waals surface area (Å²) < 4.78 is 23.2. The van der Waals surface area contributed by atoms with Crippen LogP contribution in [-0.4, -0.2) is 68.5 Å². The van der Waals surface area contributed by atoms with Crippen molar-refractivity contribution in [2.45, 2.75) is 270 Å². The third kappa shape index (κ3) is 47.0. The Bertz CT molecular complexity index is 1060. The van der Waals surface area contributed by atoms with Crippen molar-refractivity contribution in [2.24, 2.45) is 0 Å². The van der Waals surface area contributed by atoms with Gasteiger partial charge >= 0.3 is 0 Å². The molecule has 0 saturated heterocycles. The van der Waals surface area contributed by atoms with Gasteiger partial charge in [0, 0.05) is 6.42 Å². The van der Waals surface area contributed by atoms with Crippen molar-refractivity contribution in [1.82, 2.24) is 5.32 Å². The minimum Gasteiger partial charge on any atom is -0.756 e.